The van der Waals surface area contributed by atoms with Crippen LogP contribution in [0.2, 0.25) is 0 Å². The van der Waals surface area contributed by atoms with E-state index in [9.17, 15) is 0 Å². The van der Waals surface area contributed by atoms with Crippen molar-refractivity contribution in [2.75, 3.05) is 6.54 Å². The number of hydrogen-bond acceptors (Lipinski definition) is 1. The van der Waals surface area contributed by atoms with E-state index in [2.05, 4.69) is 50.4 Å². The van der Waals surface area contributed by atoms with E-state index in [0.29, 0.717) is 12.0 Å². The van der Waals surface area contributed by atoms with Crippen molar-refractivity contribution < 1.29 is 0 Å². The molecular formula is C18H29N. The Balaban J connectivity index is 2.02. The Morgan fingerprint density at radius 3 is 2.21 bits per heavy atom. The minimum Gasteiger partial charge on any atom is -0.310 e. The van der Waals surface area contributed by atoms with E-state index >= 15 is 0 Å². The fourth-order valence-electron chi connectivity index (χ4n) is 2.83. The molecule has 0 aliphatic heterocycles. The Hall–Kier alpha value is -0.820. The molecule has 0 spiro atoms. The van der Waals surface area contributed by atoms with Gasteiger partial charge in [0.25, 0.3) is 0 Å². The van der Waals surface area contributed by atoms with Gasteiger partial charge >= 0.3 is 0 Å². The Kier molecular flexibility index (Phi) is 5.45. The minimum absolute atomic E-state index is 0.562. The number of benzene rings is 1. The highest BCUT2D eigenvalue weighted by Gasteiger charge is 2.22. The lowest BCUT2D eigenvalue weighted by atomic mass is 9.79. The molecule has 1 atom stereocenters. The van der Waals surface area contributed by atoms with E-state index in [-0.39, 0.29) is 0 Å². The zero-order chi connectivity index (χ0) is 13.7. The first-order valence-electron chi connectivity index (χ1n) is 8.04. The van der Waals surface area contributed by atoms with Gasteiger partial charge in [0, 0.05) is 6.04 Å². The molecule has 1 saturated carbocycles. The molecule has 0 aromatic heterocycles. The Labute approximate surface area is 118 Å². The predicted octanol–water partition coefficient (Wildman–Crippen LogP) is 5.04. The third kappa shape index (κ3) is 4.07. The van der Waals surface area contributed by atoms with Crippen LogP contribution in [0.5, 0.6) is 0 Å². The van der Waals surface area contributed by atoms with Crippen LogP contribution in [0.3, 0.4) is 0 Å². The number of nitrogens with one attached hydrogen (secondary N) is 1. The molecule has 1 fully saturated rings. The van der Waals surface area contributed by atoms with Gasteiger partial charge in [-0.1, -0.05) is 64.3 Å². The molecular weight excluding hydrogens is 230 g/mol. The van der Waals surface area contributed by atoms with Gasteiger partial charge in [-0.15, -0.1) is 0 Å². The van der Waals surface area contributed by atoms with E-state index in [1.54, 1.807) is 0 Å². The molecule has 0 amide bonds. The SMILES string of the molecule is CCCNC(CC1CCC1)c1ccc(C(C)C)cc1. The first-order valence-corrected chi connectivity index (χ1v) is 8.04. The summed E-state index contributed by atoms with van der Waals surface area (Å²) in [6.45, 7) is 7.89. The van der Waals surface area contributed by atoms with Gasteiger partial charge < -0.3 is 5.32 Å². The van der Waals surface area contributed by atoms with Gasteiger partial charge in [-0.25, -0.2) is 0 Å². The molecule has 1 aliphatic rings. The topological polar surface area (TPSA) is 12.0 Å². The third-order valence-corrected chi connectivity index (χ3v) is 4.44. The van der Waals surface area contributed by atoms with Crippen LogP contribution in [0.1, 0.15) is 76.0 Å². The molecule has 1 aliphatic carbocycles. The monoisotopic (exact) mass is 259 g/mol. The summed E-state index contributed by atoms with van der Waals surface area (Å²) >= 11 is 0. The highest BCUT2D eigenvalue weighted by atomic mass is 14.9. The largest absolute Gasteiger partial charge is 0.310 e. The first kappa shape index (κ1) is 14.6. The molecule has 1 aromatic carbocycles. The fourth-order valence-corrected chi connectivity index (χ4v) is 2.83. The molecule has 19 heavy (non-hydrogen) atoms. The third-order valence-electron chi connectivity index (χ3n) is 4.44. The molecule has 0 heterocycles. The van der Waals surface area contributed by atoms with Gasteiger partial charge in [-0.3, -0.25) is 0 Å². The van der Waals surface area contributed by atoms with Crippen molar-refractivity contribution >= 4 is 0 Å². The zero-order valence-corrected chi connectivity index (χ0v) is 12.8. The average Bonchev–Trinajstić information content (AvgIpc) is 2.37. The van der Waals surface area contributed by atoms with Gasteiger partial charge in [0.05, 0.1) is 0 Å². The van der Waals surface area contributed by atoms with E-state index in [1.807, 2.05) is 0 Å². The van der Waals surface area contributed by atoms with Crippen molar-refractivity contribution in [2.45, 2.75) is 64.8 Å². The Bertz CT molecular complexity index is 362. The molecule has 2 rings (SSSR count). The van der Waals surface area contributed by atoms with Crippen molar-refractivity contribution in [3.63, 3.8) is 0 Å². The fraction of sp³-hybridized carbons (Fsp3) is 0.667. The minimum atomic E-state index is 0.562. The molecule has 0 bridgehead atoms. The molecule has 1 N–H and O–H groups in total. The quantitative estimate of drug-likeness (QED) is 0.723. The first-order chi connectivity index (χ1) is 9.20. The Morgan fingerprint density at radius 1 is 1.11 bits per heavy atom. The van der Waals surface area contributed by atoms with Crippen LogP contribution in [0.4, 0.5) is 0 Å². The summed E-state index contributed by atoms with van der Waals surface area (Å²) in [6.07, 6.45) is 6.85. The van der Waals surface area contributed by atoms with Crippen LogP contribution in [0.15, 0.2) is 24.3 Å². The van der Waals surface area contributed by atoms with Crippen molar-refractivity contribution in [1.82, 2.24) is 5.32 Å². The standard InChI is InChI=1S/C18H29N/c1-4-12-19-18(13-15-6-5-7-15)17-10-8-16(9-11-17)14(2)3/h8-11,14-15,18-19H,4-7,12-13H2,1-3H3. The van der Waals surface area contributed by atoms with E-state index in [0.717, 1.165) is 12.5 Å². The second-order valence-corrected chi connectivity index (χ2v) is 6.36. The van der Waals surface area contributed by atoms with Crippen LogP contribution >= 0.6 is 0 Å². The highest BCUT2D eigenvalue weighted by Crippen LogP contribution is 2.35. The van der Waals surface area contributed by atoms with Crippen molar-refractivity contribution in [1.29, 1.82) is 0 Å². The zero-order valence-electron chi connectivity index (χ0n) is 12.8. The van der Waals surface area contributed by atoms with Gasteiger partial charge in [0.2, 0.25) is 0 Å². The predicted molar refractivity (Wildman–Crippen MR) is 83.5 cm³/mol. The maximum absolute atomic E-state index is 3.73. The average molecular weight is 259 g/mol. The van der Waals surface area contributed by atoms with E-state index in [4.69, 9.17) is 0 Å². The highest BCUT2D eigenvalue weighted by molar-refractivity contribution is 5.27. The molecule has 1 heteroatoms. The molecule has 106 valence electrons. The van der Waals surface area contributed by atoms with Crippen molar-refractivity contribution in [2.24, 2.45) is 5.92 Å². The summed E-state index contributed by atoms with van der Waals surface area (Å²) in [4.78, 5) is 0. The lowest BCUT2D eigenvalue weighted by molar-refractivity contribution is 0.261. The summed E-state index contributed by atoms with van der Waals surface area (Å²) in [5.41, 5.74) is 2.92. The summed E-state index contributed by atoms with van der Waals surface area (Å²) < 4.78 is 0. The van der Waals surface area contributed by atoms with Gasteiger partial charge in [0.15, 0.2) is 0 Å². The lowest BCUT2D eigenvalue weighted by Crippen LogP contribution is -2.26. The number of rotatable bonds is 7. The second kappa shape index (κ2) is 7.09. The van der Waals surface area contributed by atoms with Crippen LogP contribution < -0.4 is 5.32 Å². The summed E-state index contributed by atoms with van der Waals surface area (Å²) in [5.74, 6) is 1.59. The normalized spacial score (nSPS) is 17.5. The van der Waals surface area contributed by atoms with Crippen LogP contribution in [-0.4, -0.2) is 6.54 Å². The molecule has 0 saturated heterocycles. The molecule has 1 unspecified atom stereocenters. The molecule has 1 nitrogen and oxygen atoms in total. The smallest absolute Gasteiger partial charge is 0.0322 e. The van der Waals surface area contributed by atoms with Crippen LogP contribution in [0.25, 0.3) is 0 Å². The molecule has 0 radical (unpaired) electrons. The van der Waals surface area contributed by atoms with E-state index in [1.165, 1.54) is 43.2 Å². The lowest BCUT2D eigenvalue weighted by Gasteiger charge is -2.30. The van der Waals surface area contributed by atoms with Gasteiger partial charge in [0.1, 0.15) is 0 Å². The van der Waals surface area contributed by atoms with Crippen LogP contribution in [0, 0.1) is 5.92 Å². The second-order valence-electron chi connectivity index (χ2n) is 6.36. The van der Waals surface area contributed by atoms with Gasteiger partial charge in [-0.2, -0.15) is 0 Å². The van der Waals surface area contributed by atoms with Gasteiger partial charge in [-0.05, 0) is 42.3 Å². The van der Waals surface area contributed by atoms with Crippen LogP contribution in [-0.2, 0) is 0 Å². The maximum atomic E-state index is 3.73. The summed E-state index contributed by atoms with van der Waals surface area (Å²) in [5, 5.41) is 3.73. The van der Waals surface area contributed by atoms with Crippen molar-refractivity contribution in [3.8, 4) is 0 Å². The molecule has 1 aromatic rings. The number of hydrogen-bond donors (Lipinski definition) is 1. The summed E-state index contributed by atoms with van der Waals surface area (Å²) in [7, 11) is 0. The maximum Gasteiger partial charge on any atom is 0.0322 e. The summed E-state index contributed by atoms with van der Waals surface area (Å²) in [6, 6.07) is 9.84. The Morgan fingerprint density at radius 2 is 1.74 bits per heavy atom. The van der Waals surface area contributed by atoms with Crippen molar-refractivity contribution in [3.05, 3.63) is 35.4 Å². The van der Waals surface area contributed by atoms with E-state index < -0.39 is 0 Å².